The Hall–Kier alpha value is -2.18. The van der Waals surface area contributed by atoms with Gasteiger partial charge in [-0.15, -0.1) is 0 Å². The maximum absolute atomic E-state index is 12.9. The van der Waals surface area contributed by atoms with E-state index in [2.05, 4.69) is 4.72 Å². The third kappa shape index (κ3) is 6.81. The molecule has 0 unspecified atom stereocenters. The summed E-state index contributed by atoms with van der Waals surface area (Å²) in [6, 6.07) is 15.7. The van der Waals surface area contributed by atoms with Gasteiger partial charge in [0.1, 0.15) is 11.5 Å². The monoisotopic (exact) mass is 389 g/mol. The van der Waals surface area contributed by atoms with Crippen LogP contribution in [0.2, 0.25) is 0 Å². The molecule has 2 aromatic rings. The summed E-state index contributed by atoms with van der Waals surface area (Å²) in [4.78, 5) is 11.2. The summed E-state index contributed by atoms with van der Waals surface area (Å²) in [7, 11) is -2.17. The van der Waals surface area contributed by atoms with Crippen molar-refractivity contribution in [1.29, 1.82) is 0 Å². The molecule has 0 fully saturated rings. The molecular formula is C21H27NO4S. The van der Waals surface area contributed by atoms with Gasteiger partial charge in [-0.25, -0.2) is 13.1 Å². The minimum absolute atomic E-state index is 0.180. The Balaban J connectivity index is 2.11. The summed E-state index contributed by atoms with van der Waals surface area (Å²) in [6.45, 7) is 1.59. The van der Waals surface area contributed by atoms with Crippen molar-refractivity contribution in [2.24, 2.45) is 0 Å². The van der Waals surface area contributed by atoms with Crippen LogP contribution in [0.5, 0.6) is 5.75 Å². The quantitative estimate of drug-likeness (QED) is 0.583. The molecule has 0 bridgehead atoms. The van der Waals surface area contributed by atoms with E-state index in [-0.39, 0.29) is 16.7 Å². The number of ether oxygens (including phenoxy) is 1. The maximum Gasteiger partial charge on any atom is 0.241 e. The van der Waals surface area contributed by atoms with Gasteiger partial charge in [0.05, 0.1) is 12.0 Å². The first kappa shape index (κ1) is 21.1. The molecule has 0 saturated carbocycles. The normalized spacial score (nSPS) is 12.5. The zero-order valence-electron chi connectivity index (χ0n) is 15.9. The molecule has 0 aromatic heterocycles. The van der Waals surface area contributed by atoms with Gasteiger partial charge in [0, 0.05) is 18.5 Å². The molecule has 146 valence electrons. The van der Waals surface area contributed by atoms with E-state index in [0.717, 1.165) is 24.8 Å². The fourth-order valence-electron chi connectivity index (χ4n) is 2.90. The summed E-state index contributed by atoms with van der Waals surface area (Å²) in [6.07, 6.45) is 3.81. The summed E-state index contributed by atoms with van der Waals surface area (Å²) in [5, 5.41) is 0. The second kappa shape index (κ2) is 10.2. The third-order valence-electron chi connectivity index (χ3n) is 4.37. The molecule has 0 spiro atoms. The second-order valence-electron chi connectivity index (χ2n) is 6.56. The number of sulfonamides is 1. The van der Waals surface area contributed by atoms with Crippen LogP contribution >= 0.6 is 0 Å². The van der Waals surface area contributed by atoms with Crippen LogP contribution in [0.1, 0.15) is 50.6 Å². The van der Waals surface area contributed by atoms with Crippen LogP contribution < -0.4 is 9.46 Å². The van der Waals surface area contributed by atoms with Crippen molar-refractivity contribution in [3.8, 4) is 5.75 Å². The first-order valence-corrected chi connectivity index (χ1v) is 10.6. The summed E-state index contributed by atoms with van der Waals surface area (Å²) >= 11 is 0. The lowest BCUT2D eigenvalue weighted by Crippen LogP contribution is -2.28. The van der Waals surface area contributed by atoms with Gasteiger partial charge < -0.3 is 9.53 Å². The van der Waals surface area contributed by atoms with Gasteiger partial charge in [-0.05, 0) is 37.5 Å². The minimum Gasteiger partial charge on any atom is -0.497 e. The third-order valence-corrected chi connectivity index (χ3v) is 5.84. The average molecular weight is 390 g/mol. The number of nitrogens with one attached hydrogen (secondary N) is 1. The van der Waals surface area contributed by atoms with Crippen LogP contribution in [0.25, 0.3) is 0 Å². The number of Topliss-reactive ketones (excluding diaryl/α,β-unsaturated/α-hetero) is 1. The zero-order chi connectivity index (χ0) is 19.7. The van der Waals surface area contributed by atoms with Gasteiger partial charge in [0.15, 0.2) is 0 Å². The highest BCUT2D eigenvalue weighted by atomic mass is 32.2. The maximum atomic E-state index is 12.9. The molecule has 5 nitrogen and oxygen atoms in total. The highest BCUT2D eigenvalue weighted by Gasteiger charge is 2.21. The highest BCUT2D eigenvalue weighted by Crippen LogP contribution is 2.24. The number of methoxy groups -OCH3 is 1. The molecule has 0 heterocycles. The number of carbonyl (C=O) groups excluding carboxylic acids is 1. The fraction of sp³-hybridized carbons (Fsp3) is 0.381. The van der Waals surface area contributed by atoms with Crippen LogP contribution in [0, 0.1) is 0 Å². The molecule has 0 aliphatic heterocycles. The smallest absolute Gasteiger partial charge is 0.241 e. The fourth-order valence-corrected chi connectivity index (χ4v) is 4.20. The first-order valence-electron chi connectivity index (χ1n) is 9.13. The van der Waals surface area contributed by atoms with Crippen molar-refractivity contribution in [2.45, 2.75) is 50.0 Å². The number of benzene rings is 2. The number of carbonyl (C=O) groups is 1. The van der Waals surface area contributed by atoms with Crippen molar-refractivity contribution < 1.29 is 17.9 Å². The summed E-state index contributed by atoms with van der Waals surface area (Å²) < 4.78 is 33.7. The molecule has 0 aliphatic carbocycles. The van der Waals surface area contributed by atoms with Crippen molar-refractivity contribution in [2.75, 3.05) is 7.11 Å². The van der Waals surface area contributed by atoms with E-state index in [1.54, 1.807) is 25.1 Å². The van der Waals surface area contributed by atoms with E-state index in [0.29, 0.717) is 18.6 Å². The van der Waals surface area contributed by atoms with Crippen molar-refractivity contribution in [3.05, 3.63) is 60.2 Å². The van der Waals surface area contributed by atoms with E-state index in [9.17, 15) is 13.2 Å². The number of rotatable bonds is 11. The molecule has 0 saturated heterocycles. The molecule has 0 aliphatic rings. The van der Waals surface area contributed by atoms with Crippen molar-refractivity contribution in [3.63, 3.8) is 0 Å². The van der Waals surface area contributed by atoms with Gasteiger partial charge in [0.25, 0.3) is 0 Å². The van der Waals surface area contributed by atoms with Gasteiger partial charge in [-0.1, -0.05) is 49.2 Å². The van der Waals surface area contributed by atoms with E-state index >= 15 is 0 Å². The Morgan fingerprint density at radius 2 is 1.78 bits per heavy atom. The molecule has 1 atom stereocenters. The van der Waals surface area contributed by atoms with Crippen LogP contribution in [0.3, 0.4) is 0 Å². The molecule has 0 radical (unpaired) electrons. The number of hydrogen-bond acceptors (Lipinski definition) is 4. The predicted molar refractivity (Wildman–Crippen MR) is 106 cm³/mol. The van der Waals surface area contributed by atoms with Crippen LogP contribution in [0.4, 0.5) is 0 Å². The molecular weight excluding hydrogens is 362 g/mol. The molecule has 1 N–H and O–H groups in total. The lowest BCUT2D eigenvalue weighted by molar-refractivity contribution is -0.117. The average Bonchev–Trinajstić information content (AvgIpc) is 2.67. The topological polar surface area (TPSA) is 72.5 Å². The Morgan fingerprint density at radius 1 is 1.04 bits per heavy atom. The lowest BCUT2D eigenvalue weighted by Gasteiger charge is -2.19. The number of hydrogen-bond donors (Lipinski definition) is 1. The first-order chi connectivity index (χ1) is 12.9. The zero-order valence-corrected chi connectivity index (χ0v) is 16.7. The van der Waals surface area contributed by atoms with Crippen LogP contribution in [-0.2, 0) is 14.8 Å². The Bertz CT molecular complexity index is 834. The molecule has 6 heteroatoms. The highest BCUT2D eigenvalue weighted by molar-refractivity contribution is 7.89. The Kier molecular flexibility index (Phi) is 8.00. The van der Waals surface area contributed by atoms with Gasteiger partial charge in [-0.2, -0.15) is 0 Å². The molecule has 0 amide bonds. The lowest BCUT2D eigenvalue weighted by atomic mass is 10.0. The second-order valence-corrected chi connectivity index (χ2v) is 8.28. The van der Waals surface area contributed by atoms with E-state index < -0.39 is 10.0 Å². The van der Waals surface area contributed by atoms with Crippen molar-refractivity contribution in [1.82, 2.24) is 4.72 Å². The molecule has 27 heavy (non-hydrogen) atoms. The Morgan fingerprint density at radius 3 is 2.44 bits per heavy atom. The van der Waals surface area contributed by atoms with Gasteiger partial charge in [-0.3, -0.25) is 0 Å². The minimum atomic E-state index is -3.68. The van der Waals surface area contributed by atoms with E-state index in [1.165, 1.54) is 13.2 Å². The molecule has 2 aromatic carbocycles. The number of ketones is 1. The molecule has 2 rings (SSSR count). The SMILES string of the molecule is COc1cccc(S(=O)(=O)N[C@@H](CCCCCC(C)=O)c2ccccc2)c1. The van der Waals surface area contributed by atoms with Gasteiger partial charge >= 0.3 is 0 Å². The van der Waals surface area contributed by atoms with E-state index in [4.69, 9.17) is 4.74 Å². The standard InChI is InChI=1S/C21H27NO4S/c1-17(23)10-5-3-8-15-21(18-11-6-4-7-12-18)22-27(24,25)20-14-9-13-19(16-20)26-2/h4,6-7,9,11-14,16,21-22H,3,5,8,10,15H2,1-2H3/t21-/m0/s1. The summed E-state index contributed by atoms with van der Waals surface area (Å²) in [5.74, 6) is 0.687. The predicted octanol–water partition coefficient (Wildman–Crippen LogP) is 4.25. The van der Waals surface area contributed by atoms with Crippen LogP contribution in [-0.4, -0.2) is 21.3 Å². The number of unbranched alkanes of at least 4 members (excludes halogenated alkanes) is 2. The Labute approximate surface area is 161 Å². The van der Waals surface area contributed by atoms with E-state index in [1.807, 2.05) is 30.3 Å². The van der Waals surface area contributed by atoms with Crippen LogP contribution in [0.15, 0.2) is 59.5 Å². The largest absolute Gasteiger partial charge is 0.497 e. The van der Waals surface area contributed by atoms with Crippen molar-refractivity contribution >= 4 is 15.8 Å². The van der Waals surface area contributed by atoms with Gasteiger partial charge in [0.2, 0.25) is 10.0 Å². The summed E-state index contributed by atoms with van der Waals surface area (Å²) in [5.41, 5.74) is 0.926.